The first-order valence-corrected chi connectivity index (χ1v) is 6.85. The van der Waals surface area contributed by atoms with Crippen LogP contribution < -0.4 is 15.4 Å². The number of carbonyl (C=O) groups is 1. The average molecular weight is 264 g/mol. The Kier molecular flexibility index (Phi) is 6.97. The summed E-state index contributed by atoms with van der Waals surface area (Å²) in [7, 11) is 0. The molecule has 4 heteroatoms. The maximum absolute atomic E-state index is 11.8. The molecule has 0 bridgehead atoms. The zero-order chi connectivity index (χ0) is 14.1. The molecule has 0 heterocycles. The van der Waals surface area contributed by atoms with Crippen molar-refractivity contribution in [3.05, 3.63) is 24.3 Å². The van der Waals surface area contributed by atoms with Gasteiger partial charge in [-0.1, -0.05) is 26.0 Å². The summed E-state index contributed by atoms with van der Waals surface area (Å²) in [5.74, 6) is 1.31. The summed E-state index contributed by atoms with van der Waals surface area (Å²) in [5, 5.41) is 5.99. The van der Waals surface area contributed by atoms with Gasteiger partial charge in [-0.2, -0.15) is 0 Å². The van der Waals surface area contributed by atoms with Crippen LogP contribution in [0.3, 0.4) is 0 Å². The first-order valence-electron chi connectivity index (χ1n) is 6.85. The number of hydrogen-bond donors (Lipinski definition) is 2. The number of carbonyl (C=O) groups excluding carboxylic acids is 1. The molecule has 0 fully saturated rings. The molecule has 0 spiro atoms. The Balaban J connectivity index is 2.39. The minimum atomic E-state index is -0.0455. The third-order valence-electron chi connectivity index (χ3n) is 2.65. The number of benzene rings is 1. The molecular weight excluding hydrogens is 240 g/mol. The minimum Gasteiger partial charge on any atom is -0.492 e. The standard InChI is InChI=1S/C15H24N2O2/c1-4-19-14-8-6-5-7-13(14)17-15(18)11-16-10-9-12(2)3/h5-8,12,16H,4,9-11H2,1-3H3,(H,17,18). The molecule has 0 saturated heterocycles. The Bertz CT molecular complexity index is 391. The predicted octanol–water partition coefficient (Wildman–Crippen LogP) is 2.66. The van der Waals surface area contributed by atoms with Crippen molar-refractivity contribution >= 4 is 11.6 Å². The second kappa shape index (κ2) is 8.53. The van der Waals surface area contributed by atoms with Gasteiger partial charge in [0, 0.05) is 0 Å². The molecule has 19 heavy (non-hydrogen) atoms. The number of amides is 1. The van der Waals surface area contributed by atoms with Gasteiger partial charge in [-0.05, 0) is 37.9 Å². The molecule has 1 aromatic rings. The van der Waals surface area contributed by atoms with E-state index in [9.17, 15) is 4.79 Å². The molecule has 1 rings (SSSR count). The zero-order valence-corrected chi connectivity index (χ0v) is 12.0. The predicted molar refractivity (Wildman–Crippen MR) is 78.6 cm³/mol. The van der Waals surface area contributed by atoms with Crippen LogP contribution in [0.1, 0.15) is 27.2 Å². The van der Waals surface area contributed by atoms with Crippen LogP contribution in [-0.2, 0) is 4.79 Å². The van der Waals surface area contributed by atoms with Crippen LogP contribution in [0.4, 0.5) is 5.69 Å². The third kappa shape index (κ3) is 6.25. The molecule has 0 radical (unpaired) electrons. The number of nitrogens with one attached hydrogen (secondary N) is 2. The largest absolute Gasteiger partial charge is 0.492 e. The van der Waals surface area contributed by atoms with E-state index in [1.165, 1.54) is 0 Å². The van der Waals surface area contributed by atoms with Crippen molar-refractivity contribution in [2.45, 2.75) is 27.2 Å². The summed E-state index contributed by atoms with van der Waals surface area (Å²) in [6.45, 7) is 8.02. The summed E-state index contributed by atoms with van der Waals surface area (Å²) in [4.78, 5) is 11.8. The number of rotatable bonds is 8. The monoisotopic (exact) mass is 264 g/mol. The number of ether oxygens (including phenoxy) is 1. The lowest BCUT2D eigenvalue weighted by Gasteiger charge is -2.12. The molecule has 0 unspecified atom stereocenters. The van der Waals surface area contributed by atoms with E-state index in [1.807, 2.05) is 31.2 Å². The highest BCUT2D eigenvalue weighted by molar-refractivity contribution is 5.93. The van der Waals surface area contributed by atoms with E-state index in [4.69, 9.17) is 4.74 Å². The second-order valence-corrected chi connectivity index (χ2v) is 4.84. The van der Waals surface area contributed by atoms with Crippen molar-refractivity contribution < 1.29 is 9.53 Å². The van der Waals surface area contributed by atoms with E-state index in [0.29, 0.717) is 24.8 Å². The molecule has 2 N–H and O–H groups in total. The van der Waals surface area contributed by atoms with Gasteiger partial charge >= 0.3 is 0 Å². The number of para-hydroxylation sites is 2. The molecule has 1 amide bonds. The van der Waals surface area contributed by atoms with Crippen LogP contribution in [0.15, 0.2) is 24.3 Å². The van der Waals surface area contributed by atoms with Gasteiger partial charge in [0.15, 0.2) is 0 Å². The highest BCUT2D eigenvalue weighted by atomic mass is 16.5. The van der Waals surface area contributed by atoms with Gasteiger partial charge in [0.05, 0.1) is 18.8 Å². The second-order valence-electron chi connectivity index (χ2n) is 4.84. The molecule has 4 nitrogen and oxygen atoms in total. The highest BCUT2D eigenvalue weighted by Gasteiger charge is 2.06. The fraction of sp³-hybridized carbons (Fsp3) is 0.533. The maximum atomic E-state index is 11.8. The summed E-state index contributed by atoms with van der Waals surface area (Å²) >= 11 is 0. The van der Waals surface area contributed by atoms with Crippen molar-refractivity contribution in [1.82, 2.24) is 5.32 Å². The van der Waals surface area contributed by atoms with Gasteiger partial charge in [0.2, 0.25) is 5.91 Å². The van der Waals surface area contributed by atoms with Crippen LogP contribution in [0.25, 0.3) is 0 Å². The Hall–Kier alpha value is -1.55. The van der Waals surface area contributed by atoms with E-state index in [-0.39, 0.29) is 5.91 Å². The van der Waals surface area contributed by atoms with Crippen molar-refractivity contribution in [3.8, 4) is 5.75 Å². The van der Waals surface area contributed by atoms with Crippen LogP contribution in [-0.4, -0.2) is 25.6 Å². The molecule has 0 aliphatic carbocycles. The van der Waals surface area contributed by atoms with Gasteiger partial charge in [0.1, 0.15) is 5.75 Å². The first-order chi connectivity index (χ1) is 9.13. The van der Waals surface area contributed by atoms with Crippen LogP contribution >= 0.6 is 0 Å². The summed E-state index contributed by atoms with van der Waals surface area (Å²) in [6.07, 6.45) is 1.07. The Morgan fingerprint density at radius 1 is 1.32 bits per heavy atom. The first kappa shape index (κ1) is 15.5. The molecule has 0 aliphatic rings. The summed E-state index contributed by atoms with van der Waals surface area (Å²) < 4.78 is 5.46. The Morgan fingerprint density at radius 3 is 2.74 bits per heavy atom. The maximum Gasteiger partial charge on any atom is 0.238 e. The van der Waals surface area contributed by atoms with E-state index >= 15 is 0 Å². The lowest BCUT2D eigenvalue weighted by molar-refractivity contribution is -0.115. The number of hydrogen-bond acceptors (Lipinski definition) is 3. The Morgan fingerprint density at radius 2 is 2.05 bits per heavy atom. The molecule has 0 saturated carbocycles. The molecule has 0 aliphatic heterocycles. The van der Waals surface area contributed by atoms with Crippen LogP contribution in [0.5, 0.6) is 5.75 Å². The van der Waals surface area contributed by atoms with Gasteiger partial charge in [-0.3, -0.25) is 4.79 Å². The molecule has 0 aromatic heterocycles. The van der Waals surface area contributed by atoms with Gasteiger partial charge in [-0.25, -0.2) is 0 Å². The van der Waals surface area contributed by atoms with Crippen molar-refractivity contribution in [2.75, 3.05) is 25.0 Å². The third-order valence-corrected chi connectivity index (χ3v) is 2.65. The quantitative estimate of drug-likeness (QED) is 0.710. The van der Waals surface area contributed by atoms with Crippen molar-refractivity contribution in [1.29, 1.82) is 0 Å². The minimum absolute atomic E-state index is 0.0455. The summed E-state index contributed by atoms with van der Waals surface area (Å²) in [5.41, 5.74) is 0.722. The van der Waals surface area contributed by atoms with Gasteiger partial charge < -0.3 is 15.4 Å². The van der Waals surface area contributed by atoms with Crippen molar-refractivity contribution in [3.63, 3.8) is 0 Å². The van der Waals surface area contributed by atoms with E-state index in [0.717, 1.165) is 18.7 Å². The van der Waals surface area contributed by atoms with Crippen LogP contribution in [0.2, 0.25) is 0 Å². The normalized spacial score (nSPS) is 10.5. The summed E-state index contributed by atoms with van der Waals surface area (Å²) in [6, 6.07) is 7.47. The van der Waals surface area contributed by atoms with E-state index < -0.39 is 0 Å². The van der Waals surface area contributed by atoms with Gasteiger partial charge in [-0.15, -0.1) is 0 Å². The zero-order valence-electron chi connectivity index (χ0n) is 12.0. The molecule has 1 aromatic carbocycles. The van der Waals surface area contributed by atoms with E-state index in [1.54, 1.807) is 0 Å². The van der Waals surface area contributed by atoms with Crippen LogP contribution in [0, 0.1) is 5.92 Å². The smallest absolute Gasteiger partial charge is 0.238 e. The molecular formula is C15H24N2O2. The number of anilines is 1. The lowest BCUT2D eigenvalue weighted by Crippen LogP contribution is -2.29. The topological polar surface area (TPSA) is 50.4 Å². The Labute approximate surface area is 115 Å². The average Bonchev–Trinajstić information content (AvgIpc) is 2.37. The van der Waals surface area contributed by atoms with E-state index in [2.05, 4.69) is 24.5 Å². The molecule has 0 atom stereocenters. The highest BCUT2D eigenvalue weighted by Crippen LogP contribution is 2.23. The SMILES string of the molecule is CCOc1ccccc1NC(=O)CNCCC(C)C. The lowest BCUT2D eigenvalue weighted by atomic mass is 10.1. The molecule has 106 valence electrons. The van der Waals surface area contributed by atoms with Crippen molar-refractivity contribution in [2.24, 2.45) is 5.92 Å². The fourth-order valence-corrected chi connectivity index (χ4v) is 1.64. The van der Waals surface area contributed by atoms with Gasteiger partial charge in [0.25, 0.3) is 0 Å². The fourth-order valence-electron chi connectivity index (χ4n) is 1.64.